The van der Waals surface area contributed by atoms with Crippen molar-refractivity contribution in [1.82, 2.24) is 39.7 Å². The summed E-state index contributed by atoms with van der Waals surface area (Å²) in [6.45, 7) is 5.80. The summed E-state index contributed by atoms with van der Waals surface area (Å²) >= 11 is 0. The van der Waals surface area contributed by atoms with Gasteiger partial charge in [-0.3, -0.25) is 33.5 Å². The number of phenolic OH excluding ortho intramolecular Hbond substituents is 1. The van der Waals surface area contributed by atoms with E-state index in [9.17, 15) is 24.3 Å². The first-order valence-electron chi connectivity index (χ1n) is 21.3. The van der Waals surface area contributed by atoms with Crippen molar-refractivity contribution >= 4 is 34.6 Å². The normalized spacial score (nSPS) is 14.5. The summed E-state index contributed by atoms with van der Waals surface area (Å²) in [4.78, 5) is 49.8. The number of benzene rings is 3. The van der Waals surface area contributed by atoms with Gasteiger partial charge in [-0.25, -0.2) is 4.79 Å². The Kier molecular flexibility index (Phi) is 15.3. The Bertz CT molecular complexity index is 2620. The van der Waals surface area contributed by atoms with E-state index in [1.807, 2.05) is 54.2 Å². The Morgan fingerprint density at radius 3 is 2.30 bits per heavy atom. The third kappa shape index (κ3) is 11.1. The smallest absolute Gasteiger partial charge is 0.329 e. The molecule has 1 saturated heterocycles. The molecule has 1 fully saturated rings. The summed E-state index contributed by atoms with van der Waals surface area (Å²) in [5.74, 6) is -0.615. The molecule has 0 saturated carbocycles. The minimum Gasteiger partial charge on any atom is -0.507 e. The SMILES string of the molecule is CC(c1ccc(C(=O)NCCOCCOCCOCCOCCCc2ccc3c(c2)n(C)c(=O)n3C2CCC(=O)NC2=O)cc1)n1cc(-c2cc(-c3ccccc3O)nnc2N)cn1. The lowest BCUT2D eigenvalue weighted by Crippen LogP contribution is -2.44. The van der Waals surface area contributed by atoms with E-state index in [0.717, 1.165) is 35.0 Å². The van der Waals surface area contributed by atoms with Crippen molar-refractivity contribution in [2.75, 3.05) is 65.1 Å². The number of carbonyl (C=O) groups excluding carboxylic acids is 3. The van der Waals surface area contributed by atoms with Crippen molar-refractivity contribution in [2.45, 2.75) is 44.7 Å². The Morgan fingerprint density at radius 2 is 1.58 bits per heavy atom. The number of piperidine rings is 1. The highest BCUT2D eigenvalue weighted by Gasteiger charge is 2.31. The number of phenols is 1. The fourth-order valence-corrected chi connectivity index (χ4v) is 7.48. The molecule has 3 aromatic heterocycles. The molecule has 2 unspecified atom stereocenters. The summed E-state index contributed by atoms with van der Waals surface area (Å²) in [5, 5.41) is 28.3. The molecular weight excluding hydrogens is 823 g/mol. The third-order valence-corrected chi connectivity index (χ3v) is 11.0. The molecule has 0 bridgehead atoms. The Hall–Kier alpha value is -6.73. The van der Waals surface area contributed by atoms with Crippen LogP contribution in [0.1, 0.15) is 59.8 Å². The number of aromatic hydroxyl groups is 1. The van der Waals surface area contributed by atoms with Crippen LogP contribution < -0.4 is 22.1 Å². The van der Waals surface area contributed by atoms with Crippen LogP contribution in [0.3, 0.4) is 0 Å². The molecule has 64 heavy (non-hydrogen) atoms. The van der Waals surface area contributed by atoms with E-state index in [2.05, 4.69) is 25.9 Å². The summed E-state index contributed by atoms with van der Waals surface area (Å²) in [7, 11) is 1.69. The summed E-state index contributed by atoms with van der Waals surface area (Å²) in [5.41, 5.74) is 12.3. The first-order chi connectivity index (χ1) is 31.1. The molecule has 0 radical (unpaired) electrons. The van der Waals surface area contributed by atoms with Crippen LogP contribution in [-0.4, -0.2) is 111 Å². The maximum absolute atomic E-state index is 13.0. The lowest BCUT2D eigenvalue weighted by Gasteiger charge is -2.21. The van der Waals surface area contributed by atoms with Gasteiger partial charge in [0.1, 0.15) is 11.8 Å². The number of hydrogen-bond acceptors (Lipinski definition) is 13. The highest BCUT2D eigenvalue weighted by Crippen LogP contribution is 2.33. The molecule has 2 atom stereocenters. The monoisotopic (exact) mass is 875 g/mol. The zero-order chi connectivity index (χ0) is 45.0. The van der Waals surface area contributed by atoms with Gasteiger partial charge in [-0.1, -0.05) is 30.3 Å². The van der Waals surface area contributed by atoms with Crippen LogP contribution in [0, 0.1) is 0 Å². The van der Waals surface area contributed by atoms with Gasteiger partial charge in [0.05, 0.1) is 75.2 Å². The molecule has 5 N–H and O–H groups in total. The van der Waals surface area contributed by atoms with Gasteiger partial charge in [-0.2, -0.15) is 5.10 Å². The van der Waals surface area contributed by atoms with Gasteiger partial charge in [0.2, 0.25) is 11.8 Å². The molecule has 18 nitrogen and oxygen atoms in total. The van der Waals surface area contributed by atoms with E-state index in [1.54, 1.807) is 49.6 Å². The molecule has 1 aliphatic rings. The number of imidazole rings is 1. The number of nitrogens with one attached hydrogen (secondary N) is 2. The molecule has 4 heterocycles. The average Bonchev–Trinajstić information content (AvgIpc) is 3.88. The molecule has 7 rings (SSSR count). The first-order valence-corrected chi connectivity index (χ1v) is 21.3. The maximum atomic E-state index is 13.0. The predicted molar refractivity (Wildman–Crippen MR) is 238 cm³/mol. The van der Waals surface area contributed by atoms with Crippen molar-refractivity contribution in [3.63, 3.8) is 0 Å². The van der Waals surface area contributed by atoms with Gasteiger partial charge in [0.15, 0.2) is 5.82 Å². The van der Waals surface area contributed by atoms with Crippen LogP contribution >= 0.6 is 0 Å². The third-order valence-electron chi connectivity index (χ3n) is 11.0. The van der Waals surface area contributed by atoms with Crippen molar-refractivity contribution in [3.05, 3.63) is 112 Å². The Labute approximate surface area is 369 Å². The van der Waals surface area contributed by atoms with E-state index in [4.69, 9.17) is 24.7 Å². The van der Waals surface area contributed by atoms with E-state index in [-0.39, 0.29) is 41.5 Å². The fourth-order valence-electron chi connectivity index (χ4n) is 7.48. The largest absolute Gasteiger partial charge is 0.507 e. The van der Waals surface area contributed by atoms with Crippen molar-refractivity contribution in [2.24, 2.45) is 7.05 Å². The van der Waals surface area contributed by atoms with Crippen LogP contribution in [0.15, 0.2) is 90.0 Å². The zero-order valence-electron chi connectivity index (χ0n) is 35.9. The number of ether oxygens (including phenoxy) is 4. The minimum atomic E-state index is -0.704. The average molecular weight is 876 g/mol. The number of hydrogen-bond donors (Lipinski definition) is 4. The second kappa shape index (κ2) is 21.6. The van der Waals surface area contributed by atoms with Crippen LogP contribution in [0.4, 0.5) is 5.82 Å². The van der Waals surface area contributed by atoms with E-state index < -0.39 is 11.9 Å². The molecule has 336 valence electrons. The number of fused-ring (bicyclic) bond motifs is 1. The highest BCUT2D eigenvalue weighted by atomic mass is 16.6. The number of anilines is 1. The second-order valence-electron chi connectivity index (χ2n) is 15.4. The maximum Gasteiger partial charge on any atom is 0.329 e. The summed E-state index contributed by atoms with van der Waals surface area (Å²) in [6.07, 6.45) is 5.64. The van der Waals surface area contributed by atoms with Gasteiger partial charge in [0, 0.05) is 55.1 Å². The standard InChI is InChI=1S/C46H53N9O9/c1-30(54-29-34(28-49-54)36-27-37(51-52-43(36)47)35-7-3-4-8-41(35)56)32-10-12-33(13-11-32)44(58)48-17-19-62-21-23-64-25-24-63-22-20-61-18-5-6-31-9-14-38-40(26-31)53(2)46(60)55(38)39-15-16-42(57)50-45(39)59/h3-4,7-14,26-30,39,56H,5-6,15-25H2,1-2H3,(H2,47,52)(H,48,58)(H,50,57,59). The number of nitrogens with zero attached hydrogens (tertiary/aromatic N) is 6. The van der Waals surface area contributed by atoms with Crippen molar-refractivity contribution < 1.29 is 38.4 Å². The molecule has 3 amide bonds. The Morgan fingerprint density at radius 1 is 0.875 bits per heavy atom. The number of aromatic nitrogens is 6. The van der Waals surface area contributed by atoms with Crippen LogP contribution in [0.2, 0.25) is 0 Å². The van der Waals surface area contributed by atoms with Gasteiger partial charge >= 0.3 is 5.69 Å². The molecule has 18 heteroatoms. The number of carbonyl (C=O) groups is 3. The van der Waals surface area contributed by atoms with Crippen LogP contribution in [0.5, 0.6) is 5.75 Å². The van der Waals surface area contributed by atoms with Crippen molar-refractivity contribution in [1.29, 1.82) is 0 Å². The van der Waals surface area contributed by atoms with E-state index in [0.29, 0.717) is 93.7 Å². The minimum absolute atomic E-state index is 0.0989. The van der Waals surface area contributed by atoms with E-state index in [1.165, 1.54) is 9.13 Å². The zero-order valence-corrected chi connectivity index (χ0v) is 35.9. The van der Waals surface area contributed by atoms with Crippen molar-refractivity contribution in [3.8, 4) is 28.1 Å². The predicted octanol–water partition coefficient (Wildman–Crippen LogP) is 3.96. The topological polar surface area (TPSA) is 229 Å². The van der Waals surface area contributed by atoms with Gasteiger partial charge in [-0.15, -0.1) is 10.2 Å². The fraction of sp³-hybridized carbons (Fsp3) is 0.370. The Balaban J connectivity index is 0.712. The summed E-state index contributed by atoms with van der Waals surface area (Å²) in [6, 6.07) is 21.0. The number of para-hydroxylation sites is 1. The molecule has 0 spiro atoms. The van der Waals surface area contributed by atoms with E-state index >= 15 is 0 Å². The molecular formula is C46H53N9O9. The lowest BCUT2D eigenvalue weighted by molar-refractivity contribution is -0.135. The van der Waals surface area contributed by atoms with Gasteiger partial charge in [0.25, 0.3) is 5.91 Å². The van der Waals surface area contributed by atoms with Crippen LogP contribution in [-0.2, 0) is 42.0 Å². The number of aryl methyl sites for hydroxylation is 2. The molecule has 0 aliphatic carbocycles. The highest BCUT2D eigenvalue weighted by molar-refractivity contribution is 6.00. The number of rotatable bonds is 22. The molecule has 6 aromatic rings. The molecule has 3 aromatic carbocycles. The quantitative estimate of drug-likeness (QED) is 0.0560. The number of imide groups is 1. The van der Waals surface area contributed by atoms with Gasteiger partial charge < -0.3 is 35.1 Å². The van der Waals surface area contributed by atoms with Crippen LogP contribution in [0.25, 0.3) is 33.4 Å². The number of nitrogens with two attached hydrogens (primary N) is 1. The first kappa shape index (κ1) is 45.3. The summed E-state index contributed by atoms with van der Waals surface area (Å²) < 4.78 is 27.3. The second-order valence-corrected chi connectivity index (χ2v) is 15.4. The lowest BCUT2D eigenvalue weighted by atomic mass is 10.1. The number of amides is 3. The number of nitrogen functional groups attached to an aromatic ring is 1. The van der Waals surface area contributed by atoms with Gasteiger partial charge in [-0.05, 0) is 79.8 Å². The molecule has 1 aliphatic heterocycles.